The van der Waals surface area contributed by atoms with Crippen LogP contribution in [0.2, 0.25) is 25.1 Å². The summed E-state index contributed by atoms with van der Waals surface area (Å²) in [5.41, 5.74) is 0. The minimum absolute atomic E-state index is 0.172. The van der Waals surface area contributed by atoms with Crippen molar-refractivity contribution in [2.75, 3.05) is 0 Å². The summed E-state index contributed by atoms with van der Waals surface area (Å²) < 4.78 is 0. The highest BCUT2D eigenvalue weighted by molar-refractivity contribution is 7.99. The summed E-state index contributed by atoms with van der Waals surface area (Å²) in [6.07, 6.45) is 0. The minimum atomic E-state index is 0.172. The van der Waals surface area contributed by atoms with E-state index in [2.05, 4.69) is 0 Å². The van der Waals surface area contributed by atoms with Crippen LogP contribution >= 0.6 is 69.8 Å². The van der Waals surface area contributed by atoms with E-state index in [0.29, 0.717) is 14.9 Å². The second-order valence-electron chi connectivity index (χ2n) is 3.31. The fourth-order valence-corrected chi connectivity index (χ4v) is 3.67. The Labute approximate surface area is 134 Å². The van der Waals surface area contributed by atoms with E-state index in [1.807, 2.05) is 30.3 Å². The van der Waals surface area contributed by atoms with Gasteiger partial charge >= 0.3 is 0 Å². The molecule has 0 aliphatic rings. The zero-order valence-electron chi connectivity index (χ0n) is 8.68. The monoisotopic (exact) mass is 356 g/mol. The molecule has 0 radical (unpaired) electrons. The number of rotatable bonds is 2. The average molecular weight is 359 g/mol. The molecule has 18 heavy (non-hydrogen) atoms. The van der Waals surface area contributed by atoms with Gasteiger partial charge in [-0.3, -0.25) is 0 Å². The molecule has 0 aliphatic heterocycles. The van der Waals surface area contributed by atoms with Gasteiger partial charge in [0.15, 0.2) is 0 Å². The van der Waals surface area contributed by atoms with Crippen molar-refractivity contribution >= 4 is 69.8 Å². The van der Waals surface area contributed by atoms with Crippen LogP contribution in [0, 0.1) is 0 Å². The Bertz CT molecular complexity index is 554. The minimum Gasteiger partial charge on any atom is -0.0868 e. The van der Waals surface area contributed by atoms with E-state index in [1.165, 1.54) is 11.8 Å². The molecule has 0 saturated carbocycles. The lowest BCUT2D eigenvalue weighted by atomic mass is 10.3. The fourth-order valence-electron chi connectivity index (χ4n) is 1.28. The lowest BCUT2D eigenvalue weighted by Crippen LogP contribution is -1.84. The number of hydrogen-bond donors (Lipinski definition) is 0. The summed E-state index contributed by atoms with van der Waals surface area (Å²) >= 11 is 31.6. The first-order valence-corrected chi connectivity index (χ1v) is 7.47. The van der Waals surface area contributed by atoms with Crippen molar-refractivity contribution in [3.05, 3.63) is 55.4 Å². The van der Waals surface area contributed by atoms with Crippen LogP contribution in [0.25, 0.3) is 0 Å². The Morgan fingerprint density at radius 2 is 1.06 bits per heavy atom. The molecule has 2 aromatic carbocycles. The van der Waals surface area contributed by atoms with Crippen molar-refractivity contribution in [1.29, 1.82) is 0 Å². The molecular weight excluding hydrogens is 353 g/mol. The van der Waals surface area contributed by atoms with Crippen molar-refractivity contribution in [2.45, 2.75) is 9.79 Å². The van der Waals surface area contributed by atoms with Gasteiger partial charge in [0, 0.05) is 4.90 Å². The highest BCUT2D eigenvalue weighted by Gasteiger charge is 2.19. The Morgan fingerprint density at radius 1 is 0.611 bits per heavy atom. The predicted octanol–water partition coefficient (Wildman–Crippen LogP) is 7.10. The molecule has 0 unspecified atom stereocenters. The summed E-state index contributed by atoms with van der Waals surface area (Å²) in [7, 11) is 0. The van der Waals surface area contributed by atoms with Crippen LogP contribution in [0.1, 0.15) is 0 Å². The van der Waals surface area contributed by atoms with Gasteiger partial charge in [-0.1, -0.05) is 88.0 Å². The SMILES string of the molecule is Clc1c(Cl)c(Cl)c(Sc2ccccc2)c(Cl)c1Cl. The molecule has 0 N–H and O–H groups in total. The van der Waals surface area contributed by atoms with Crippen LogP contribution in [0.3, 0.4) is 0 Å². The maximum Gasteiger partial charge on any atom is 0.0809 e. The molecule has 0 amide bonds. The van der Waals surface area contributed by atoms with Crippen LogP contribution in [0.4, 0.5) is 0 Å². The molecule has 0 bridgehead atoms. The maximum absolute atomic E-state index is 6.15. The smallest absolute Gasteiger partial charge is 0.0809 e. The zero-order valence-corrected chi connectivity index (χ0v) is 13.3. The summed E-state index contributed by atoms with van der Waals surface area (Å²) in [5, 5.41) is 1.22. The second kappa shape index (κ2) is 6.13. The van der Waals surface area contributed by atoms with Gasteiger partial charge < -0.3 is 0 Å². The van der Waals surface area contributed by atoms with Crippen molar-refractivity contribution in [3.63, 3.8) is 0 Å². The van der Waals surface area contributed by atoms with E-state index >= 15 is 0 Å². The lowest BCUT2D eigenvalue weighted by molar-refractivity contribution is 1.40. The molecular formula is C12H5Cl5S. The van der Waals surface area contributed by atoms with Crippen molar-refractivity contribution < 1.29 is 0 Å². The van der Waals surface area contributed by atoms with Crippen molar-refractivity contribution in [3.8, 4) is 0 Å². The van der Waals surface area contributed by atoms with Gasteiger partial charge in [0.1, 0.15) is 0 Å². The normalized spacial score (nSPS) is 10.7. The fraction of sp³-hybridized carbons (Fsp3) is 0. The Morgan fingerprint density at radius 3 is 1.56 bits per heavy atom. The van der Waals surface area contributed by atoms with E-state index in [9.17, 15) is 0 Å². The second-order valence-corrected chi connectivity index (χ2v) is 6.29. The van der Waals surface area contributed by atoms with Crippen LogP contribution in [-0.2, 0) is 0 Å². The molecule has 0 nitrogen and oxygen atoms in total. The van der Waals surface area contributed by atoms with E-state index in [-0.39, 0.29) is 15.1 Å². The number of hydrogen-bond acceptors (Lipinski definition) is 1. The van der Waals surface area contributed by atoms with E-state index in [4.69, 9.17) is 58.0 Å². The molecule has 94 valence electrons. The molecule has 6 heteroatoms. The van der Waals surface area contributed by atoms with Crippen LogP contribution in [0.5, 0.6) is 0 Å². The Hall–Kier alpha value is 0.240. The lowest BCUT2D eigenvalue weighted by Gasteiger charge is -2.11. The quantitative estimate of drug-likeness (QED) is 0.407. The molecule has 0 fully saturated rings. The summed E-state index contributed by atoms with van der Waals surface area (Å²) in [6.45, 7) is 0. The van der Waals surface area contributed by atoms with Crippen LogP contribution < -0.4 is 0 Å². The molecule has 2 aromatic rings. The Balaban J connectivity index is 2.52. The van der Waals surface area contributed by atoms with Gasteiger partial charge in [-0.25, -0.2) is 0 Å². The van der Waals surface area contributed by atoms with Gasteiger partial charge in [-0.15, -0.1) is 0 Å². The standard InChI is InChI=1S/C12H5Cl5S/c13-7-8(14)10(16)12(11(17)9(7)15)18-6-4-2-1-3-5-6/h1-5H. The molecule has 0 aliphatic carbocycles. The Kier molecular flexibility index (Phi) is 4.99. The summed E-state index contributed by atoms with van der Waals surface area (Å²) in [6, 6.07) is 9.64. The van der Waals surface area contributed by atoms with E-state index < -0.39 is 0 Å². The third-order valence-corrected chi connectivity index (χ3v) is 5.75. The first-order chi connectivity index (χ1) is 8.52. The van der Waals surface area contributed by atoms with Crippen molar-refractivity contribution in [2.24, 2.45) is 0 Å². The third-order valence-electron chi connectivity index (χ3n) is 2.13. The molecule has 0 heterocycles. The first kappa shape index (κ1) is 14.6. The van der Waals surface area contributed by atoms with Gasteiger partial charge in [0.2, 0.25) is 0 Å². The summed E-state index contributed by atoms with van der Waals surface area (Å²) in [4.78, 5) is 1.58. The average Bonchev–Trinajstić information content (AvgIpc) is 2.40. The number of benzene rings is 2. The number of halogens is 5. The molecule has 0 spiro atoms. The van der Waals surface area contributed by atoms with E-state index in [1.54, 1.807) is 0 Å². The molecule has 2 rings (SSSR count). The third kappa shape index (κ3) is 2.87. The van der Waals surface area contributed by atoms with Crippen LogP contribution in [-0.4, -0.2) is 0 Å². The van der Waals surface area contributed by atoms with Crippen molar-refractivity contribution in [1.82, 2.24) is 0 Å². The highest BCUT2D eigenvalue weighted by atomic mass is 35.5. The zero-order chi connectivity index (χ0) is 13.3. The first-order valence-electron chi connectivity index (χ1n) is 4.76. The molecule has 0 saturated heterocycles. The van der Waals surface area contributed by atoms with Gasteiger partial charge in [0.05, 0.1) is 30.0 Å². The largest absolute Gasteiger partial charge is 0.0868 e. The predicted molar refractivity (Wildman–Crippen MR) is 82.1 cm³/mol. The van der Waals surface area contributed by atoms with Gasteiger partial charge in [-0.05, 0) is 12.1 Å². The topological polar surface area (TPSA) is 0 Å². The van der Waals surface area contributed by atoms with Gasteiger partial charge in [0.25, 0.3) is 0 Å². The van der Waals surface area contributed by atoms with Gasteiger partial charge in [-0.2, -0.15) is 0 Å². The van der Waals surface area contributed by atoms with E-state index in [0.717, 1.165) is 4.90 Å². The summed E-state index contributed by atoms with van der Waals surface area (Å²) in [5.74, 6) is 0. The van der Waals surface area contributed by atoms with Crippen LogP contribution in [0.15, 0.2) is 40.1 Å². The maximum atomic E-state index is 6.15. The molecule has 0 aromatic heterocycles. The molecule has 0 atom stereocenters. The highest BCUT2D eigenvalue weighted by Crippen LogP contribution is 2.49.